The first kappa shape index (κ1) is 41.7. The van der Waals surface area contributed by atoms with Gasteiger partial charge in [0.05, 0.1) is 23.0 Å². The summed E-state index contributed by atoms with van der Waals surface area (Å²) in [5.74, 6) is 1.32. The summed E-state index contributed by atoms with van der Waals surface area (Å²) >= 11 is 0. The molecule has 7 aromatic rings. The summed E-state index contributed by atoms with van der Waals surface area (Å²) in [5, 5.41) is 3.69. The van der Waals surface area contributed by atoms with E-state index in [-0.39, 0.29) is 43.2 Å². The summed E-state index contributed by atoms with van der Waals surface area (Å²) in [7, 11) is 0. The van der Waals surface area contributed by atoms with Crippen LogP contribution in [0.15, 0.2) is 151 Å². The number of aliphatic imine (C=N–C) groups is 1. The van der Waals surface area contributed by atoms with E-state index in [1.165, 1.54) is 33.4 Å². The van der Waals surface area contributed by atoms with E-state index in [0.29, 0.717) is 5.82 Å². The SMILES string of the molecule is CC(C)(C)c1cc[c-]c(-c2cc(-c3ccccc3)cc(Nc3cc(C(C)(C)C)cc(C4=Nc5ccccc5C4c4ccc(C(C)(C)C)cc4-c4ccccc4)n3)n2)c1.[Pt]. The Labute approximate surface area is 365 Å². The van der Waals surface area contributed by atoms with Crippen molar-refractivity contribution < 1.29 is 21.1 Å². The topological polar surface area (TPSA) is 50.2 Å². The fraction of sp³-hybridized carbons (Fsp3) is 0.241. The number of pyridine rings is 2. The molecule has 0 bridgehead atoms. The molecule has 59 heavy (non-hydrogen) atoms. The molecular weight excluding hydrogens is 900 g/mol. The van der Waals surface area contributed by atoms with Gasteiger partial charge in [0.25, 0.3) is 0 Å². The van der Waals surface area contributed by atoms with Crippen molar-refractivity contribution >= 4 is 23.0 Å². The Hall–Kier alpha value is -5.44. The molecule has 1 aliphatic rings. The minimum atomic E-state index is -0.161. The van der Waals surface area contributed by atoms with E-state index in [0.717, 1.165) is 50.9 Å². The zero-order valence-corrected chi connectivity index (χ0v) is 37.9. The van der Waals surface area contributed by atoms with E-state index < -0.39 is 0 Å². The van der Waals surface area contributed by atoms with Crippen LogP contribution in [-0.2, 0) is 37.3 Å². The summed E-state index contributed by atoms with van der Waals surface area (Å²) in [6.45, 7) is 20.3. The second kappa shape index (κ2) is 16.3. The Balaban J connectivity index is 0.00000528. The average Bonchev–Trinajstić information content (AvgIpc) is 3.60. The largest absolute Gasteiger partial charge is 0.326 e. The Morgan fingerprint density at radius 3 is 1.76 bits per heavy atom. The molecule has 0 fully saturated rings. The Morgan fingerprint density at radius 1 is 0.492 bits per heavy atom. The zero-order chi connectivity index (χ0) is 40.8. The van der Waals surface area contributed by atoms with E-state index >= 15 is 0 Å². The van der Waals surface area contributed by atoms with Crippen LogP contribution in [0.5, 0.6) is 0 Å². The van der Waals surface area contributed by atoms with Gasteiger partial charge in [-0.15, -0.1) is 35.4 Å². The van der Waals surface area contributed by atoms with Crippen LogP contribution in [0.3, 0.4) is 0 Å². The molecule has 5 aromatic carbocycles. The summed E-state index contributed by atoms with van der Waals surface area (Å²) in [6.07, 6.45) is 0. The van der Waals surface area contributed by atoms with E-state index in [1.54, 1.807) is 0 Å². The quantitative estimate of drug-likeness (QED) is 0.162. The van der Waals surface area contributed by atoms with Crippen molar-refractivity contribution in [3.63, 3.8) is 0 Å². The van der Waals surface area contributed by atoms with Crippen molar-refractivity contribution in [1.82, 2.24) is 9.97 Å². The van der Waals surface area contributed by atoms with Gasteiger partial charge in [-0.25, -0.2) is 9.98 Å². The molecule has 0 amide bonds. The monoisotopic (exact) mass is 952 g/mol. The molecule has 300 valence electrons. The van der Waals surface area contributed by atoms with Gasteiger partial charge in [0.1, 0.15) is 11.6 Å². The molecule has 1 aliphatic heterocycles. The normalized spacial score (nSPS) is 14.0. The third-order valence-corrected chi connectivity index (χ3v) is 11.2. The minimum Gasteiger partial charge on any atom is -0.326 e. The molecule has 0 aliphatic carbocycles. The maximum absolute atomic E-state index is 5.40. The molecule has 0 saturated heterocycles. The number of anilines is 2. The van der Waals surface area contributed by atoms with Gasteiger partial charge in [-0.05, 0) is 90.7 Å². The number of aromatic nitrogens is 2. The summed E-state index contributed by atoms with van der Waals surface area (Å²) in [5.41, 5.74) is 15.1. The number of fused-ring (bicyclic) bond motifs is 1. The first-order valence-corrected chi connectivity index (χ1v) is 20.4. The Bertz CT molecular complexity index is 2640. The zero-order valence-electron chi connectivity index (χ0n) is 35.6. The van der Waals surface area contributed by atoms with Crippen molar-refractivity contribution in [2.45, 2.75) is 84.5 Å². The van der Waals surface area contributed by atoms with Crippen molar-refractivity contribution in [3.05, 3.63) is 185 Å². The van der Waals surface area contributed by atoms with E-state index in [1.807, 2.05) is 12.1 Å². The Kier molecular flexibility index (Phi) is 11.5. The average molecular weight is 953 g/mol. The number of para-hydroxylation sites is 1. The molecule has 4 nitrogen and oxygen atoms in total. The number of rotatable bonds is 7. The second-order valence-electron chi connectivity index (χ2n) is 18.6. The number of benzene rings is 5. The summed E-state index contributed by atoms with van der Waals surface area (Å²) in [6, 6.07) is 55.3. The van der Waals surface area contributed by atoms with Gasteiger partial charge in [0.2, 0.25) is 0 Å². The predicted molar refractivity (Wildman–Crippen MR) is 244 cm³/mol. The molecule has 0 spiro atoms. The number of hydrogen-bond donors (Lipinski definition) is 1. The van der Waals surface area contributed by atoms with E-state index in [4.69, 9.17) is 15.0 Å². The first-order valence-electron chi connectivity index (χ1n) is 20.4. The maximum atomic E-state index is 5.40. The maximum Gasteiger partial charge on any atom is 0.132 e. The van der Waals surface area contributed by atoms with Crippen LogP contribution in [0.4, 0.5) is 17.3 Å². The van der Waals surface area contributed by atoms with E-state index in [2.05, 4.69) is 207 Å². The second-order valence-corrected chi connectivity index (χ2v) is 18.6. The molecule has 1 N–H and O–H groups in total. The molecule has 2 aromatic heterocycles. The summed E-state index contributed by atoms with van der Waals surface area (Å²) in [4.78, 5) is 16.0. The van der Waals surface area contributed by atoms with Crippen LogP contribution in [0.1, 0.15) is 102 Å². The Morgan fingerprint density at radius 2 is 1.08 bits per heavy atom. The predicted octanol–water partition coefficient (Wildman–Crippen LogP) is 14.2. The van der Waals surface area contributed by atoms with Crippen LogP contribution in [0.2, 0.25) is 0 Å². The minimum absolute atomic E-state index is 0. The molecule has 0 saturated carbocycles. The molecule has 8 rings (SSSR count). The molecule has 3 heterocycles. The van der Waals surface area contributed by atoms with Gasteiger partial charge in [-0.2, -0.15) is 0 Å². The fourth-order valence-electron chi connectivity index (χ4n) is 7.74. The van der Waals surface area contributed by atoms with Crippen molar-refractivity contribution in [2.24, 2.45) is 4.99 Å². The van der Waals surface area contributed by atoms with Crippen LogP contribution in [-0.4, -0.2) is 15.7 Å². The van der Waals surface area contributed by atoms with Gasteiger partial charge in [-0.3, -0.25) is 4.98 Å². The third kappa shape index (κ3) is 8.94. The van der Waals surface area contributed by atoms with Crippen molar-refractivity contribution in [1.29, 1.82) is 0 Å². The van der Waals surface area contributed by atoms with Crippen LogP contribution < -0.4 is 5.32 Å². The third-order valence-electron chi connectivity index (χ3n) is 11.2. The number of nitrogens with zero attached hydrogens (tertiary/aromatic N) is 3. The number of hydrogen-bond acceptors (Lipinski definition) is 4. The molecule has 0 radical (unpaired) electrons. The van der Waals surface area contributed by atoms with Crippen molar-refractivity contribution in [2.75, 3.05) is 5.32 Å². The van der Waals surface area contributed by atoms with Gasteiger partial charge < -0.3 is 5.32 Å². The fourth-order valence-corrected chi connectivity index (χ4v) is 7.74. The van der Waals surface area contributed by atoms with Crippen molar-refractivity contribution in [3.8, 4) is 33.5 Å². The number of nitrogens with one attached hydrogen (secondary N) is 1. The summed E-state index contributed by atoms with van der Waals surface area (Å²) < 4.78 is 0. The molecular formula is C54H53N4Pt-. The van der Waals surface area contributed by atoms with E-state index in [9.17, 15) is 0 Å². The molecule has 5 heteroatoms. The molecule has 1 atom stereocenters. The molecule has 1 unspecified atom stereocenters. The van der Waals surface area contributed by atoms with Crippen LogP contribution in [0, 0.1) is 6.07 Å². The van der Waals surface area contributed by atoms with Gasteiger partial charge in [-0.1, -0.05) is 165 Å². The first-order chi connectivity index (χ1) is 27.6. The standard InChI is InChI=1S/C54H53N4.Pt/c1-52(2,3)39-24-18-23-37(29-39)46-30-38(35-19-12-10-13-20-35)31-48(55-46)58-49-34-41(54(7,8)9)33-47(56-49)51-50(43-25-16-17-26-45(43)57-51)42-28-27-40(53(4,5)6)32-44(42)36-21-14-11-15-22-36;/h10-22,24-34,50H,1-9H3,(H,55,56,58);/q-1;. The van der Waals surface area contributed by atoms with Gasteiger partial charge in [0.15, 0.2) is 0 Å². The van der Waals surface area contributed by atoms with Gasteiger partial charge >= 0.3 is 0 Å². The van der Waals surface area contributed by atoms with Gasteiger partial charge in [0, 0.05) is 21.1 Å². The van der Waals surface area contributed by atoms with Crippen LogP contribution in [0.25, 0.3) is 33.5 Å². The smallest absolute Gasteiger partial charge is 0.132 e. The van der Waals surface area contributed by atoms with Crippen LogP contribution >= 0.6 is 0 Å².